The van der Waals surface area contributed by atoms with Crippen molar-refractivity contribution in [3.05, 3.63) is 24.5 Å². The zero-order chi connectivity index (χ0) is 11.0. The normalized spacial score (nSPS) is 21.6. The summed E-state index contributed by atoms with van der Waals surface area (Å²) in [5.74, 6) is 1.00. The minimum absolute atomic E-state index is 0.275. The van der Waals surface area contributed by atoms with Gasteiger partial charge in [0.2, 0.25) is 0 Å². The van der Waals surface area contributed by atoms with Crippen molar-refractivity contribution >= 4 is 11.5 Å². The Hall–Kier alpha value is -1.62. The molecule has 5 heteroatoms. The van der Waals surface area contributed by atoms with Crippen LogP contribution in [0.25, 0.3) is 5.65 Å². The van der Waals surface area contributed by atoms with E-state index in [2.05, 4.69) is 15.0 Å². The summed E-state index contributed by atoms with van der Waals surface area (Å²) in [5.41, 5.74) is 6.85. The summed E-state index contributed by atoms with van der Waals surface area (Å²) in [6, 6.07) is 4.18. The van der Waals surface area contributed by atoms with Crippen molar-refractivity contribution in [2.75, 3.05) is 18.0 Å². The maximum Gasteiger partial charge on any atom is 0.157 e. The lowest BCUT2D eigenvalue weighted by atomic mass is 10.1. The van der Waals surface area contributed by atoms with Gasteiger partial charge in [-0.25, -0.2) is 9.50 Å². The zero-order valence-electron chi connectivity index (χ0n) is 9.08. The topological polar surface area (TPSA) is 59.5 Å². The highest BCUT2D eigenvalue weighted by Crippen LogP contribution is 2.17. The van der Waals surface area contributed by atoms with Gasteiger partial charge in [0, 0.05) is 31.4 Å². The van der Waals surface area contributed by atoms with Crippen LogP contribution in [0.1, 0.15) is 12.8 Å². The van der Waals surface area contributed by atoms with E-state index in [0.29, 0.717) is 0 Å². The van der Waals surface area contributed by atoms with Crippen LogP contribution in [0.15, 0.2) is 24.5 Å². The van der Waals surface area contributed by atoms with Crippen LogP contribution in [0, 0.1) is 0 Å². The summed E-state index contributed by atoms with van der Waals surface area (Å²) in [6.07, 6.45) is 5.96. The van der Waals surface area contributed by atoms with Gasteiger partial charge in [-0.15, -0.1) is 0 Å². The Morgan fingerprint density at radius 3 is 3.19 bits per heavy atom. The van der Waals surface area contributed by atoms with Gasteiger partial charge in [0.15, 0.2) is 5.65 Å². The van der Waals surface area contributed by atoms with Crippen LogP contribution in [0.2, 0.25) is 0 Å². The summed E-state index contributed by atoms with van der Waals surface area (Å²) in [7, 11) is 0. The van der Waals surface area contributed by atoms with Gasteiger partial charge in [0.1, 0.15) is 5.82 Å². The van der Waals surface area contributed by atoms with Gasteiger partial charge in [0.05, 0.1) is 6.20 Å². The fourth-order valence-electron chi connectivity index (χ4n) is 2.20. The largest absolute Gasteiger partial charge is 0.355 e. The molecule has 1 aliphatic heterocycles. The first-order valence-corrected chi connectivity index (χ1v) is 5.64. The van der Waals surface area contributed by atoms with Gasteiger partial charge in [-0.1, -0.05) is 0 Å². The number of fused-ring (bicyclic) bond motifs is 1. The fraction of sp³-hybridized carbons (Fsp3) is 0.455. The molecule has 1 aliphatic rings. The molecule has 2 aromatic heterocycles. The quantitative estimate of drug-likeness (QED) is 0.762. The molecule has 1 fully saturated rings. The van der Waals surface area contributed by atoms with Gasteiger partial charge in [0.25, 0.3) is 0 Å². The maximum absolute atomic E-state index is 5.97. The highest BCUT2D eigenvalue weighted by atomic mass is 15.3. The molecule has 16 heavy (non-hydrogen) atoms. The number of nitrogens with zero attached hydrogens (tertiary/aromatic N) is 4. The molecule has 84 valence electrons. The number of anilines is 1. The van der Waals surface area contributed by atoms with E-state index in [1.54, 1.807) is 10.7 Å². The third kappa shape index (κ3) is 1.63. The lowest BCUT2D eigenvalue weighted by Gasteiger charge is -2.31. The van der Waals surface area contributed by atoms with E-state index < -0.39 is 0 Å². The van der Waals surface area contributed by atoms with Gasteiger partial charge >= 0.3 is 0 Å². The molecular formula is C11H15N5. The van der Waals surface area contributed by atoms with E-state index >= 15 is 0 Å². The number of hydrogen-bond donors (Lipinski definition) is 1. The molecule has 0 amide bonds. The Morgan fingerprint density at radius 2 is 2.31 bits per heavy atom. The second kappa shape index (κ2) is 3.75. The first-order valence-electron chi connectivity index (χ1n) is 5.64. The van der Waals surface area contributed by atoms with Crippen molar-refractivity contribution in [3.63, 3.8) is 0 Å². The SMILES string of the molecule is NC1CCCN(c2ccn3nccc3n2)C1. The summed E-state index contributed by atoms with van der Waals surface area (Å²) in [4.78, 5) is 6.82. The average molecular weight is 217 g/mol. The van der Waals surface area contributed by atoms with Crippen LogP contribution in [-0.4, -0.2) is 33.7 Å². The Morgan fingerprint density at radius 1 is 1.38 bits per heavy atom. The second-order valence-corrected chi connectivity index (χ2v) is 4.27. The maximum atomic E-state index is 5.97. The highest BCUT2D eigenvalue weighted by molar-refractivity contribution is 5.47. The standard InChI is InChI=1S/C11H15N5/c12-9-2-1-6-15(8-9)10-4-7-16-11(14-10)3-5-13-16/h3-5,7,9H,1-2,6,8,12H2. The van der Waals surface area contributed by atoms with Gasteiger partial charge < -0.3 is 10.6 Å². The molecular weight excluding hydrogens is 202 g/mol. The second-order valence-electron chi connectivity index (χ2n) is 4.27. The number of aromatic nitrogens is 3. The van der Waals surface area contributed by atoms with E-state index in [9.17, 15) is 0 Å². The predicted octanol–water partition coefficient (Wildman–Crippen LogP) is 0.657. The van der Waals surface area contributed by atoms with Crippen LogP contribution in [0.5, 0.6) is 0 Å². The summed E-state index contributed by atoms with van der Waals surface area (Å²) in [6.45, 7) is 1.95. The molecule has 3 heterocycles. The van der Waals surface area contributed by atoms with Gasteiger partial charge in [-0.3, -0.25) is 0 Å². The number of rotatable bonds is 1. The molecule has 0 aromatic carbocycles. The molecule has 1 saturated heterocycles. The van der Waals surface area contributed by atoms with Crippen LogP contribution in [0.3, 0.4) is 0 Å². The fourth-order valence-corrected chi connectivity index (χ4v) is 2.20. The molecule has 1 unspecified atom stereocenters. The van der Waals surface area contributed by atoms with Crippen molar-refractivity contribution in [2.24, 2.45) is 5.73 Å². The summed E-state index contributed by atoms with van der Waals surface area (Å²) in [5, 5.41) is 4.13. The summed E-state index contributed by atoms with van der Waals surface area (Å²) >= 11 is 0. The smallest absolute Gasteiger partial charge is 0.157 e. The third-order valence-electron chi connectivity index (χ3n) is 3.03. The molecule has 2 N–H and O–H groups in total. The number of piperidine rings is 1. The molecule has 5 nitrogen and oxygen atoms in total. The van der Waals surface area contributed by atoms with Crippen molar-refractivity contribution in [3.8, 4) is 0 Å². The lowest BCUT2D eigenvalue weighted by Crippen LogP contribution is -2.43. The van der Waals surface area contributed by atoms with Crippen LogP contribution < -0.4 is 10.6 Å². The Bertz CT molecular complexity index is 492. The van der Waals surface area contributed by atoms with Crippen LogP contribution in [0.4, 0.5) is 5.82 Å². The minimum Gasteiger partial charge on any atom is -0.355 e. The highest BCUT2D eigenvalue weighted by Gasteiger charge is 2.17. The minimum atomic E-state index is 0.275. The molecule has 0 saturated carbocycles. The first kappa shape index (κ1) is 9.59. The van der Waals surface area contributed by atoms with Gasteiger partial charge in [-0.05, 0) is 18.9 Å². The monoisotopic (exact) mass is 217 g/mol. The zero-order valence-corrected chi connectivity index (χ0v) is 9.08. The Balaban J connectivity index is 1.92. The van der Waals surface area contributed by atoms with Crippen molar-refractivity contribution < 1.29 is 0 Å². The Labute approximate surface area is 93.9 Å². The molecule has 1 atom stereocenters. The summed E-state index contributed by atoms with van der Waals surface area (Å²) < 4.78 is 1.77. The van der Waals surface area contributed by atoms with Crippen molar-refractivity contribution in [1.82, 2.24) is 14.6 Å². The molecule has 0 radical (unpaired) electrons. The van der Waals surface area contributed by atoms with E-state index in [-0.39, 0.29) is 6.04 Å². The molecule has 3 rings (SSSR count). The number of nitrogens with two attached hydrogens (primary N) is 1. The lowest BCUT2D eigenvalue weighted by molar-refractivity contribution is 0.503. The molecule has 0 aliphatic carbocycles. The van der Waals surface area contributed by atoms with E-state index in [1.165, 1.54) is 0 Å². The Kier molecular flexibility index (Phi) is 2.25. The van der Waals surface area contributed by atoms with E-state index in [1.807, 2.05) is 18.3 Å². The molecule has 0 bridgehead atoms. The van der Waals surface area contributed by atoms with Crippen molar-refractivity contribution in [2.45, 2.75) is 18.9 Å². The molecule has 0 spiro atoms. The first-order chi connectivity index (χ1) is 7.83. The average Bonchev–Trinajstić information content (AvgIpc) is 2.75. The van der Waals surface area contributed by atoms with E-state index in [0.717, 1.165) is 37.4 Å². The molecule has 2 aromatic rings. The third-order valence-corrected chi connectivity index (χ3v) is 3.03. The van der Waals surface area contributed by atoms with Gasteiger partial charge in [-0.2, -0.15) is 5.10 Å². The predicted molar refractivity (Wildman–Crippen MR) is 62.4 cm³/mol. The number of hydrogen-bond acceptors (Lipinski definition) is 4. The van der Waals surface area contributed by atoms with E-state index in [4.69, 9.17) is 5.73 Å². The van der Waals surface area contributed by atoms with Crippen molar-refractivity contribution in [1.29, 1.82) is 0 Å². The van der Waals surface area contributed by atoms with Crippen LogP contribution >= 0.6 is 0 Å². The van der Waals surface area contributed by atoms with Crippen LogP contribution in [-0.2, 0) is 0 Å².